The van der Waals surface area contributed by atoms with E-state index in [0.29, 0.717) is 11.3 Å². The normalized spacial score (nSPS) is 19.3. The van der Waals surface area contributed by atoms with Gasteiger partial charge in [-0.25, -0.2) is 4.98 Å². The van der Waals surface area contributed by atoms with Crippen LogP contribution in [-0.4, -0.2) is 21.6 Å². The minimum Gasteiger partial charge on any atom is -0.315 e. The van der Waals surface area contributed by atoms with Crippen LogP contribution in [0.15, 0.2) is 60.8 Å². The molecule has 26 heavy (non-hydrogen) atoms. The number of hydrogen-bond donors (Lipinski definition) is 1. The third-order valence-corrected chi connectivity index (χ3v) is 4.51. The van der Waals surface area contributed by atoms with Crippen molar-refractivity contribution in [1.29, 1.82) is 0 Å². The molecule has 132 valence electrons. The second-order valence-corrected chi connectivity index (χ2v) is 6.21. The minimum absolute atomic E-state index is 0.0697. The lowest BCUT2D eigenvalue weighted by Gasteiger charge is -2.33. The molecule has 4 nitrogen and oxygen atoms in total. The molecule has 1 N–H and O–H groups in total. The van der Waals surface area contributed by atoms with E-state index in [4.69, 9.17) is 0 Å². The summed E-state index contributed by atoms with van der Waals surface area (Å²) in [6, 6.07) is 14.7. The first-order valence-electron chi connectivity index (χ1n) is 7.94. The Balaban J connectivity index is 1.95. The second kappa shape index (κ2) is 5.45. The van der Waals surface area contributed by atoms with Crippen LogP contribution in [-0.2, 0) is 5.66 Å². The van der Waals surface area contributed by atoms with Crippen molar-refractivity contribution in [3.8, 4) is 11.3 Å². The van der Waals surface area contributed by atoms with Crippen LogP contribution >= 0.6 is 0 Å². The van der Waals surface area contributed by atoms with Gasteiger partial charge in [-0.05, 0) is 6.92 Å². The summed E-state index contributed by atoms with van der Waals surface area (Å²) >= 11 is 0. The van der Waals surface area contributed by atoms with E-state index < -0.39 is 17.7 Å². The number of alkyl halides is 3. The molecule has 2 heterocycles. The van der Waals surface area contributed by atoms with Gasteiger partial charge in [-0.2, -0.15) is 13.2 Å². The molecule has 0 saturated carbocycles. The molecule has 1 unspecified atom stereocenters. The van der Waals surface area contributed by atoms with Crippen LogP contribution in [0.5, 0.6) is 0 Å². The van der Waals surface area contributed by atoms with Crippen molar-refractivity contribution in [2.24, 2.45) is 0 Å². The highest BCUT2D eigenvalue weighted by molar-refractivity contribution is 5.95. The van der Waals surface area contributed by atoms with Gasteiger partial charge in [0, 0.05) is 17.3 Å². The van der Waals surface area contributed by atoms with E-state index in [2.05, 4.69) is 10.3 Å². The third-order valence-electron chi connectivity index (χ3n) is 4.51. The van der Waals surface area contributed by atoms with Crippen LogP contribution < -0.4 is 5.32 Å². The lowest BCUT2D eigenvalue weighted by Crippen LogP contribution is -2.55. The topological polar surface area (TPSA) is 46.9 Å². The van der Waals surface area contributed by atoms with Crippen LogP contribution in [0.25, 0.3) is 11.3 Å². The lowest BCUT2D eigenvalue weighted by atomic mass is 9.97. The van der Waals surface area contributed by atoms with Crippen molar-refractivity contribution in [3.63, 3.8) is 0 Å². The summed E-state index contributed by atoms with van der Waals surface area (Å²) in [6.45, 7) is 1.79. The summed E-state index contributed by atoms with van der Waals surface area (Å²) < 4.78 is 43.5. The maximum atomic E-state index is 14.2. The molecule has 2 aromatic carbocycles. The first-order valence-corrected chi connectivity index (χ1v) is 7.94. The summed E-state index contributed by atoms with van der Waals surface area (Å²) in [5.41, 5.74) is -0.961. The van der Waals surface area contributed by atoms with E-state index in [1.807, 2.05) is 0 Å². The molecule has 4 rings (SSSR count). The maximum Gasteiger partial charge on any atom is 0.435 e. The third kappa shape index (κ3) is 2.23. The quantitative estimate of drug-likeness (QED) is 0.757. The van der Waals surface area contributed by atoms with Crippen LogP contribution in [0.3, 0.4) is 0 Å². The van der Waals surface area contributed by atoms with Gasteiger partial charge >= 0.3 is 6.18 Å². The predicted molar refractivity (Wildman–Crippen MR) is 89.4 cm³/mol. The number of benzene rings is 2. The molecule has 7 heteroatoms. The molecule has 1 aromatic heterocycles. The smallest absolute Gasteiger partial charge is 0.315 e. The number of amides is 1. The van der Waals surface area contributed by atoms with Crippen LogP contribution in [0.1, 0.15) is 21.7 Å². The number of hydrogen-bond acceptors (Lipinski definition) is 2. The molecule has 0 fully saturated rings. The van der Waals surface area contributed by atoms with Crippen molar-refractivity contribution in [1.82, 2.24) is 14.9 Å². The number of fused-ring (bicyclic) bond motifs is 1. The van der Waals surface area contributed by atoms with Gasteiger partial charge < -0.3 is 5.32 Å². The Labute approximate surface area is 147 Å². The number of rotatable bonds is 2. The summed E-state index contributed by atoms with van der Waals surface area (Å²) in [5.74, 6) is -1.12. The summed E-state index contributed by atoms with van der Waals surface area (Å²) in [4.78, 5) is 16.5. The zero-order valence-electron chi connectivity index (χ0n) is 13.7. The van der Waals surface area contributed by atoms with Gasteiger partial charge in [-0.3, -0.25) is 9.36 Å². The maximum absolute atomic E-state index is 14.2. The van der Waals surface area contributed by atoms with E-state index in [0.717, 1.165) is 10.1 Å². The van der Waals surface area contributed by atoms with E-state index in [-0.39, 0.29) is 11.4 Å². The molecule has 3 aromatic rings. The average molecular weight is 357 g/mol. The molecular formula is C19H14F3N3O. The van der Waals surface area contributed by atoms with E-state index >= 15 is 0 Å². The zero-order valence-corrected chi connectivity index (χ0v) is 13.7. The molecule has 1 aliphatic heterocycles. The van der Waals surface area contributed by atoms with Crippen molar-refractivity contribution < 1.29 is 18.0 Å². The second-order valence-electron chi connectivity index (χ2n) is 6.21. The van der Waals surface area contributed by atoms with Gasteiger partial charge in [0.15, 0.2) is 0 Å². The molecule has 0 spiro atoms. The number of carbonyl (C=O) groups excluding carboxylic acids is 1. The molecule has 1 atom stereocenters. The number of aromatic nitrogens is 2. The Kier molecular flexibility index (Phi) is 3.44. The van der Waals surface area contributed by atoms with Crippen molar-refractivity contribution in [2.75, 3.05) is 0 Å². The van der Waals surface area contributed by atoms with Crippen LogP contribution in [0.2, 0.25) is 0 Å². The Morgan fingerprint density at radius 2 is 1.69 bits per heavy atom. The molecule has 0 radical (unpaired) electrons. The Morgan fingerprint density at radius 1 is 1.04 bits per heavy atom. The fourth-order valence-electron chi connectivity index (χ4n) is 3.20. The van der Waals surface area contributed by atoms with E-state index in [1.54, 1.807) is 49.4 Å². The Hall–Kier alpha value is -3.09. The Bertz CT molecular complexity index is 978. The van der Waals surface area contributed by atoms with Gasteiger partial charge in [0.1, 0.15) is 0 Å². The molecule has 0 bridgehead atoms. The number of imidazole rings is 1. The highest BCUT2D eigenvalue weighted by Gasteiger charge is 2.63. The SMILES string of the molecule is Cc1ccc(C2(C(F)(F)F)NC(=O)c3nc(-c4ccccc4)cn32)cc1. The molecular weight excluding hydrogens is 343 g/mol. The number of halogens is 3. The van der Waals surface area contributed by atoms with Gasteiger partial charge in [0.25, 0.3) is 5.91 Å². The van der Waals surface area contributed by atoms with Crippen molar-refractivity contribution >= 4 is 5.91 Å². The number of nitrogens with one attached hydrogen (secondary N) is 1. The number of aryl methyl sites for hydroxylation is 1. The van der Waals surface area contributed by atoms with Gasteiger partial charge in [-0.15, -0.1) is 0 Å². The molecule has 1 amide bonds. The highest BCUT2D eigenvalue weighted by atomic mass is 19.4. The summed E-state index contributed by atoms with van der Waals surface area (Å²) in [7, 11) is 0. The standard InChI is InChI=1S/C19H14F3N3O/c1-12-7-9-14(10-8-12)18(19(20,21)22)24-17(26)16-23-15(11-25(16)18)13-5-3-2-4-6-13/h2-11H,1H3,(H,24,26). The monoisotopic (exact) mass is 357 g/mol. The van der Waals surface area contributed by atoms with Gasteiger partial charge in [-0.1, -0.05) is 60.2 Å². The summed E-state index contributed by atoms with van der Waals surface area (Å²) in [5, 5.41) is 2.10. The van der Waals surface area contributed by atoms with Crippen molar-refractivity contribution in [3.05, 3.63) is 77.7 Å². The summed E-state index contributed by atoms with van der Waals surface area (Å²) in [6.07, 6.45) is -3.48. The van der Waals surface area contributed by atoms with Crippen molar-refractivity contribution in [2.45, 2.75) is 18.8 Å². The van der Waals surface area contributed by atoms with E-state index in [9.17, 15) is 18.0 Å². The fourth-order valence-corrected chi connectivity index (χ4v) is 3.20. The molecule has 0 saturated heterocycles. The Morgan fingerprint density at radius 3 is 2.31 bits per heavy atom. The van der Waals surface area contributed by atoms with Gasteiger partial charge in [0.05, 0.1) is 5.69 Å². The number of carbonyl (C=O) groups is 1. The molecule has 0 aliphatic carbocycles. The zero-order chi connectivity index (χ0) is 18.5. The fraction of sp³-hybridized carbons (Fsp3) is 0.158. The lowest BCUT2D eigenvalue weighted by molar-refractivity contribution is -0.203. The average Bonchev–Trinajstić information content (AvgIpc) is 3.16. The highest BCUT2D eigenvalue weighted by Crippen LogP contribution is 2.44. The number of nitrogens with zero attached hydrogens (tertiary/aromatic N) is 2. The first-order chi connectivity index (χ1) is 12.3. The largest absolute Gasteiger partial charge is 0.435 e. The van der Waals surface area contributed by atoms with Crippen LogP contribution in [0.4, 0.5) is 13.2 Å². The molecule has 1 aliphatic rings. The minimum atomic E-state index is -4.75. The van der Waals surface area contributed by atoms with Crippen LogP contribution in [0, 0.1) is 6.92 Å². The predicted octanol–water partition coefficient (Wildman–Crippen LogP) is 3.87. The van der Waals surface area contributed by atoms with E-state index in [1.165, 1.54) is 18.3 Å². The van der Waals surface area contributed by atoms with Gasteiger partial charge in [0.2, 0.25) is 11.5 Å². The first kappa shape index (κ1) is 16.4.